The van der Waals surface area contributed by atoms with Gasteiger partial charge in [-0.25, -0.2) is 5.43 Å². The van der Waals surface area contributed by atoms with Gasteiger partial charge in [-0.05, 0) is 47.8 Å². The van der Waals surface area contributed by atoms with Crippen LogP contribution in [0, 0.1) is 17.3 Å². The molecule has 3 aliphatic rings. The van der Waals surface area contributed by atoms with Crippen LogP contribution in [0.4, 0.5) is 0 Å². The molecule has 4 nitrogen and oxygen atoms in total. The van der Waals surface area contributed by atoms with Crippen LogP contribution in [-0.4, -0.2) is 17.1 Å². The van der Waals surface area contributed by atoms with Crippen molar-refractivity contribution in [1.29, 1.82) is 0 Å². The molecule has 0 radical (unpaired) electrons. The second-order valence-corrected chi connectivity index (χ2v) is 6.19. The van der Waals surface area contributed by atoms with E-state index in [2.05, 4.69) is 35.4 Å². The zero-order chi connectivity index (χ0) is 14.2. The molecule has 1 amide bonds. The van der Waals surface area contributed by atoms with Gasteiger partial charge >= 0.3 is 0 Å². The zero-order valence-electron chi connectivity index (χ0n) is 11.8. The minimum Gasteiger partial charge on any atom is -0.267 e. The van der Waals surface area contributed by atoms with E-state index in [1.807, 2.05) is 0 Å². The molecule has 0 spiro atoms. The third-order valence-corrected chi connectivity index (χ3v) is 4.81. The lowest BCUT2D eigenvalue weighted by atomic mass is 9.49. The monoisotopic (exact) mass is 269 g/mol. The summed E-state index contributed by atoms with van der Waals surface area (Å²) in [5.41, 5.74) is 4.71. The summed E-state index contributed by atoms with van der Waals surface area (Å²) in [6, 6.07) is 3.46. The number of amides is 1. The maximum absolute atomic E-state index is 11.8. The highest BCUT2D eigenvalue weighted by Gasteiger charge is 2.50. The van der Waals surface area contributed by atoms with E-state index < -0.39 is 0 Å². The number of hydrogen-bond donors (Lipinski definition) is 1. The van der Waals surface area contributed by atoms with Crippen LogP contribution in [0.2, 0.25) is 0 Å². The Morgan fingerprint density at radius 2 is 2.40 bits per heavy atom. The van der Waals surface area contributed by atoms with Crippen molar-refractivity contribution in [3.05, 3.63) is 41.7 Å². The van der Waals surface area contributed by atoms with Crippen molar-refractivity contribution in [2.45, 2.75) is 26.7 Å². The van der Waals surface area contributed by atoms with Gasteiger partial charge in [-0.3, -0.25) is 9.78 Å². The van der Waals surface area contributed by atoms with E-state index in [0.717, 1.165) is 12.3 Å². The first-order valence-electron chi connectivity index (χ1n) is 7.02. The number of carbonyl (C=O) groups excluding carboxylic acids is 1. The van der Waals surface area contributed by atoms with Gasteiger partial charge in [0.1, 0.15) is 0 Å². The highest BCUT2D eigenvalue weighted by atomic mass is 16.2. The van der Waals surface area contributed by atoms with Gasteiger partial charge in [-0.1, -0.05) is 19.9 Å². The molecule has 0 saturated heterocycles. The van der Waals surface area contributed by atoms with Gasteiger partial charge in [0.2, 0.25) is 0 Å². The number of aromatic nitrogens is 1. The molecule has 1 aromatic rings. The molecular weight excluding hydrogens is 250 g/mol. The molecule has 104 valence electrons. The smallest absolute Gasteiger partial charge is 0.267 e. The zero-order valence-corrected chi connectivity index (χ0v) is 11.8. The number of allylic oxidation sites excluding steroid dienone is 2. The Kier molecular flexibility index (Phi) is 3.16. The number of hydrogen-bond acceptors (Lipinski definition) is 3. The Bertz CT molecular complexity index is 575. The van der Waals surface area contributed by atoms with E-state index in [9.17, 15) is 4.79 Å². The summed E-state index contributed by atoms with van der Waals surface area (Å²) in [5.74, 6) is 1.17. The molecule has 3 aliphatic carbocycles. The second kappa shape index (κ2) is 4.85. The van der Waals surface area contributed by atoms with Crippen LogP contribution in [0.3, 0.4) is 0 Å². The predicted molar refractivity (Wildman–Crippen MR) is 78.3 cm³/mol. The molecule has 0 aliphatic heterocycles. The van der Waals surface area contributed by atoms with Gasteiger partial charge in [0.25, 0.3) is 5.91 Å². The molecule has 0 aromatic carbocycles. The SMILES string of the molecule is CC1(C)[C@H]2CC=C(/C=N/NC(=O)c3cccnc3)[C@H]1C2. The maximum Gasteiger partial charge on any atom is 0.272 e. The summed E-state index contributed by atoms with van der Waals surface area (Å²) in [6.07, 6.45) is 9.61. The Labute approximate surface area is 119 Å². The van der Waals surface area contributed by atoms with Crippen molar-refractivity contribution < 1.29 is 4.79 Å². The van der Waals surface area contributed by atoms with E-state index in [1.165, 1.54) is 18.2 Å². The molecular formula is C16H19N3O. The molecule has 1 fully saturated rings. The lowest BCUT2D eigenvalue weighted by Crippen LogP contribution is -2.48. The van der Waals surface area contributed by atoms with Crippen LogP contribution >= 0.6 is 0 Å². The Morgan fingerprint density at radius 3 is 3.05 bits per heavy atom. The van der Waals surface area contributed by atoms with Crippen LogP contribution in [0.25, 0.3) is 0 Å². The molecule has 1 heterocycles. The molecule has 2 atom stereocenters. The third-order valence-electron chi connectivity index (χ3n) is 4.81. The standard InChI is InChI=1S/C16H19N3O/c1-16(2)13-6-5-11(14(16)8-13)10-18-19-15(20)12-4-3-7-17-9-12/h3-5,7,9-10,13-14H,6,8H2,1-2H3,(H,19,20)/b18-10+/t13-,14+/m0/s1. The van der Waals surface area contributed by atoms with Crippen LogP contribution in [-0.2, 0) is 0 Å². The van der Waals surface area contributed by atoms with Gasteiger partial charge in [-0.2, -0.15) is 5.10 Å². The summed E-state index contributed by atoms with van der Waals surface area (Å²) in [7, 11) is 0. The molecule has 20 heavy (non-hydrogen) atoms. The molecule has 2 bridgehead atoms. The first-order chi connectivity index (χ1) is 9.59. The van der Waals surface area contributed by atoms with Crippen LogP contribution in [0.15, 0.2) is 41.3 Å². The van der Waals surface area contributed by atoms with E-state index in [4.69, 9.17) is 0 Å². The largest absolute Gasteiger partial charge is 0.272 e. The van der Waals surface area contributed by atoms with Crippen molar-refractivity contribution in [3.8, 4) is 0 Å². The van der Waals surface area contributed by atoms with E-state index in [1.54, 1.807) is 24.5 Å². The van der Waals surface area contributed by atoms with Gasteiger partial charge in [0.15, 0.2) is 0 Å². The normalized spacial score (nSPS) is 26.8. The number of carbonyl (C=O) groups is 1. The Hall–Kier alpha value is -1.97. The third kappa shape index (κ3) is 2.15. The highest BCUT2D eigenvalue weighted by molar-refractivity contribution is 5.94. The van der Waals surface area contributed by atoms with Crippen molar-refractivity contribution in [2.75, 3.05) is 0 Å². The maximum atomic E-state index is 11.8. The van der Waals surface area contributed by atoms with Crippen LogP contribution in [0.1, 0.15) is 37.0 Å². The summed E-state index contributed by atoms with van der Waals surface area (Å²) in [5, 5.41) is 4.09. The first kappa shape index (κ1) is 13.0. The summed E-state index contributed by atoms with van der Waals surface area (Å²) >= 11 is 0. The number of hydrazone groups is 1. The predicted octanol–water partition coefficient (Wildman–Crippen LogP) is 2.79. The van der Waals surface area contributed by atoms with Crippen LogP contribution < -0.4 is 5.43 Å². The average Bonchev–Trinajstić information content (AvgIpc) is 2.48. The lowest BCUT2D eigenvalue weighted by molar-refractivity contribution is -0.00126. The van der Waals surface area contributed by atoms with Crippen molar-refractivity contribution in [1.82, 2.24) is 10.4 Å². The number of rotatable bonds is 3. The van der Waals surface area contributed by atoms with E-state index in [0.29, 0.717) is 16.9 Å². The first-order valence-corrected chi connectivity index (χ1v) is 7.02. The molecule has 1 aromatic heterocycles. The summed E-state index contributed by atoms with van der Waals surface area (Å²) < 4.78 is 0. The molecule has 1 saturated carbocycles. The number of fused-ring (bicyclic) bond motifs is 1. The number of nitrogens with zero attached hydrogens (tertiary/aromatic N) is 2. The van der Waals surface area contributed by atoms with E-state index >= 15 is 0 Å². The number of nitrogens with one attached hydrogen (secondary N) is 1. The average molecular weight is 269 g/mol. The Balaban J connectivity index is 1.62. The lowest BCUT2D eigenvalue weighted by Gasteiger charge is -2.55. The fourth-order valence-corrected chi connectivity index (χ4v) is 3.27. The van der Waals surface area contributed by atoms with Crippen molar-refractivity contribution in [3.63, 3.8) is 0 Å². The minimum atomic E-state index is -0.225. The summed E-state index contributed by atoms with van der Waals surface area (Å²) in [4.78, 5) is 15.7. The van der Waals surface area contributed by atoms with Gasteiger partial charge in [0.05, 0.1) is 11.8 Å². The van der Waals surface area contributed by atoms with Gasteiger partial charge in [0, 0.05) is 12.4 Å². The number of pyridine rings is 1. The topological polar surface area (TPSA) is 54.4 Å². The molecule has 4 rings (SSSR count). The fourth-order valence-electron chi connectivity index (χ4n) is 3.27. The van der Waals surface area contributed by atoms with Crippen molar-refractivity contribution in [2.24, 2.45) is 22.4 Å². The van der Waals surface area contributed by atoms with E-state index in [-0.39, 0.29) is 5.91 Å². The Morgan fingerprint density at radius 1 is 1.55 bits per heavy atom. The van der Waals surface area contributed by atoms with Gasteiger partial charge < -0.3 is 0 Å². The fraction of sp³-hybridized carbons (Fsp3) is 0.438. The molecule has 0 unspecified atom stereocenters. The van der Waals surface area contributed by atoms with Crippen molar-refractivity contribution >= 4 is 12.1 Å². The van der Waals surface area contributed by atoms with Crippen LogP contribution in [0.5, 0.6) is 0 Å². The molecule has 1 N–H and O–H groups in total. The summed E-state index contributed by atoms with van der Waals surface area (Å²) in [6.45, 7) is 4.64. The highest BCUT2D eigenvalue weighted by Crippen LogP contribution is 2.58. The quantitative estimate of drug-likeness (QED) is 0.677. The van der Waals surface area contributed by atoms with Gasteiger partial charge in [-0.15, -0.1) is 0 Å². The molecule has 4 heteroatoms. The minimum absolute atomic E-state index is 0.225. The second-order valence-electron chi connectivity index (χ2n) is 6.19.